The SMILES string of the molecule is Cc1ccc(C)c(OCc2ccc(C(=O)NCCS)o2)c1. The van der Waals surface area contributed by atoms with Crippen LogP contribution in [0.5, 0.6) is 5.75 Å². The van der Waals surface area contributed by atoms with Crippen LogP contribution in [0, 0.1) is 13.8 Å². The van der Waals surface area contributed by atoms with Gasteiger partial charge in [0.2, 0.25) is 0 Å². The van der Waals surface area contributed by atoms with Gasteiger partial charge in [0.05, 0.1) is 0 Å². The number of nitrogens with one attached hydrogen (secondary N) is 1. The first kappa shape index (κ1) is 15.5. The summed E-state index contributed by atoms with van der Waals surface area (Å²) in [7, 11) is 0. The molecule has 0 aliphatic heterocycles. The van der Waals surface area contributed by atoms with Gasteiger partial charge in [-0.3, -0.25) is 4.79 Å². The number of carbonyl (C=O) groups excluding carboxylic acids is 1. The van der Waals surface area contributed by atoms with Gasteiger partial charge in [0.1, 0.15) is 18.1 Å². The van der Waals surface area contributed by atoms with E-state index in [9.17, 15) is 4.79 Å². The molecule has 0 bridgehead atoms. The van der Waals surface area contributed by atoms with E-state index >= 15 is 0 Å². The Balaban J connectivity index is 1.96. The number of aryl methyl sites for hydroxylation is 2. The summed E-state index contributed by atoms with van der Waals surface area (Å²) in [6.45, 7) is 4.82. The number of hydrogen-bond donors (Lipinski definition) is 2. The maximum Gasteiger partial charge on any atom is 0.287 e. The zero-order chi connectivity index (χ0) is 15.2. The number of ether oxygens (including phenoxy) is 1. The third kappa shape index (κ3) is 4.29. The minimum absolute atomic E-state index is 0.234. The molecule has 0 spiro atoms. The number of amides is 1. The molecule has 5 heteroatoms. The lowest BCUT2D eigenvalue weighted by Crippen LogP contribution is -2.24. The smallest absolute Gasteiger partial charge is 0.287 e. The van der Waals surface area contributed by atoms with Crippen LogP contribution in [-0.4, -0.2) is 18.2 Å². The number of carbonyl (C=O) groups is 1. The fourth-order valence-electron chi connectivity index (χ4n) is 1.85. The second-order valence-electron chi connectivity index (χ2n) is 4.80. The summed E-state index contributed by atoms with van der Waals surface area (Å²) in [5, 5.41) is 2.70. The quantitative estimate of drug-likeness (QED) is 0.806. The molecule has 112 valence electrons. The summed E-state index contributed by atoms with van der Waals surface area (Å²) < 4.78 is 11.2. The number of furan rings is 1. The van der Waals surface area contributed by atoms with Crippen LogP contribution in [0.4, 0.5) is 0 Å². The Morgan fingerprint density at radius 1 is 1.29 bits per heavy atom. The van der Waals surface area contributed by atoms with Crippen molar-refractivity contribution in [1.82, 2.24) is 5.32 Å². The Kier molecular flexibility index (Phi) is 5.33. The van der Waals surface area contributed by atoms with Crippen molar-refractivity contribution in [2.45, 2.75) is 20.5 Å². The molecule has 21 heavy (non-hydrogen) atoms. The highest BCUT2D eigenvalue weighted by Crippen LogP contribution is 2.21. The lowest BCUT2D eigenvalue weighted by atomic mass is 10.1. The van der Waals surface area contributed by atoms with Crippen LogP contribution in [0.3, 0.4) is 0 Å². The normalized spacial score (nSPS) is 10.4. The molecule has 1 amide bonds. The van der Waals surface area contributed by atoms with E-state index in [1.54, 1.807) is 12.1 Å². The van der Waals surface area contributed by atoms with Crippen molar-refractivity contribution in [2.24, 2.45) is 0 Å². The maximum absolute atomic E-state index is 11.7. The Labute approximate surface area is 129 Å². The molecule has 2 rings (SSSR count). The van der Waals surface area contributed by atoms with Crippen LogP contribution in [-0.2, 0) is 6.61 Å². The Bertz CT molecular complexity index is 622. The topological polar surface area (TPSA) is 51.5 Å². The summed E-state index contributed by atoms with van der Waals surface area (Å²) >= 11 is 4.04. The standard InChI is InChI=1S/C16H19NO3S/c1-11-3-4-12(2)15(9-11)19-10-13-5-6-14(20-13)16(18)17-7-8-21/h3-6,9,21H,7-8,10H2,1-2H3,(H,17,18). The van der Waals surface area contributed by atoms with Gasteiger partial charge in [-0.1, -0.05) is 12.1 Å². The minimum atomic E-state index is -0.234. The molecule has 1 aromatic carbocycles. The third-order valence-corrected chi connectivity index (χ3v) is 3.22. The zero-order valence-corrected chi connectivity index (χ0v) is 13.1. The predicted molar refractivity (Wildman–Crippen MR) is 85.1 cm³/mol. The molecule has 0 fully saturated rings. The van der Waals surface area contributed by atoms with Gasteiger partial charge in [0.25, 0.3) is 5.91 Å². The second-order valence-corrected chi connectivity index (χ2v) is 5.25. The Morgan fingerprint density at radius 2 is 2.10 bits per heavy atom. The molecule has 0 radical (unpaired) electrons. The lowest BCUT2D eigenvalue weighted by Gasteiger charge is -2.08. The van der Waals surface area contributed by atoms with Gasteiger partial charge in [-0.05, 0) is 43.2 Å². The molecule has 1 N–H and O–H groups in total. The average Bonchev–Trinajstić information content (AvgIpc) is 2.94. The lowest BCUT2D eigenvalue weighted by molar-refractivity contribution is 0.0924. The van der Waals surface area contributed by atoms with Crippen molar-refractivity contribution in [3.05, 3.63) is 53.0 Å². The molecule has 0 atom stereocenters. The van der Waals surface area contributed by atoms with Gasteiger partial charge in [0.15, 0.2) is 5.76 Å². The van der Waals surface area contributed by atoms with E-state index in [1.165, 1.54) is 0 Å². The van der Waals surface area contributed by atoms with Gasteiger partial charge >= 0.3 is 0 Å². The van der Waals surface area contributed by atoms with Crippen molar-refractivity contribution < 1.29 is 13.9 Å². The van der Waals surface area contributed by atoms with Crippen molar-refractivity contribution in [2.75, 3.05) is 12.3 Å². The van der Waals surface area contributed by atoms with E-state index in [0.717, 1.165) is 16.9 Å². The number of benzene rings is 1. The van der Waals surface area contributed by atoms with E-state index in [-0.39, 0.29) is 11.7 Å². The molecule has 1 aromatic heterocycles. The fourth-order valence-corrected chi connectivity index (χ4v) is 1.96. The first-order valence-electron chi connectivity index (χ1n) is 6.78. The molecule has 0 saturated heterocycles. The minimum Gasteiger partial charge on any atom is -0.485 e. The van der Waals surface area contributed by atoms with Crippen LogP contribution < -0.4 is 10.1 Å². The van der Waals surface area contributed by atoms with Crippen LogP contribution >= 0.6 is 12.6 Å². The average molecular weight is 305 g/mol. The first-order valence-corrected chi connectivity index (χ1v) is 7.41. The Hall–Kier alpha value is -1.88. The largest absolute Gasteiger partial charge is 0.485 e. The molecule has 0 unspecified atom stereocenters. The Morgan fingerprint density at radius 3 is 2.86 bits per heavy atom. The molecule has 0 aliphatic rings. The van der Waals surface area contributed by atoms with Gasteiger partial charge in [-0.25, -0.2) is 0 Å². The molecule has 0 aliphatic carbocycles. The molecule has 0 saturated carbocycles. The van der Waals surface area contributed by atoms with Crippen molar-refractivity contribution in [1.29, 1.82) is 0 Å². The number of hydrogen-bond acceptors (Lipinski definition) is 4. The molecule has 1 heterocycles. The van der Waals surface area contributed by atoms with Crippen molar-refractivity contribution in [3.8, 4) is 5.75 Å². The third-order valence-electron chi connectivity index (χ3n) is 3.00. The summed E-state index contributed by atoms with van der Waals surface area (Å²) in [6, 6.07) is 9.44. The van der Waals surface area contributed by atoms with Crippen LogP contribution in [0.15, 0.2) is 34.7 Å². The summed E-state index contributed by atoms with van der Waals surface area (Å²) in [4.78, 5) is 11.7. The highest BCUT2D eigenvalue weighted by Gasteiger charge is 2.11. The van der Waals surface area contributed by atoms with E-state index in [1.807, 2.05) is 32.0 Å². The van der Waals surface area contributed by atoms with Crippen LogP contribution in [0.2, 0.25) is 0 Å². The van der Waals surface area contributed by atoms with Crippen LogP contribution in [0.25, 0.3) is 0 Å². The van der Waals surface area contributed by atoms with Crippen LogP contribution in [0.1, 0.15) is 27.4 Å². The van der Waals surface area contributed by atoms with E-state index in [0.29, 0.717) is 24.7 Å². The summed E-state index contributed by atoms with van der Waals surface area (Å²) in [5.74, 6) is 2.09. The highest BCUT2D eigenvalue weighted by atomic mass is 32.1. The monoisotopic (exact) mass is 305 g/mol. The van der Waals surface area contributed by atoms with Crippen molar-refractivity contribution >= 4 is 18.5 Å². The summed E-state index contributed by atoms with van der Waals surface area (Å²) in [6.07, 6.45) is 0. The molecule has 2 aromatic rings. The van der Waals surface area contributed by atoms with Gasteiger partial charge in [0, 0.05) is 12.3 Å². The van der Waals surface area contributed by atoms with E-state index < -0.39 is 0 Å². The van der Waals surface area contributed by atoms with E-state index in [4.69, 9.17) is 9.15 Å². The maximum atomic E-state index is 11.7. The van der Waals surface area contributed by atoms with Gasteiger partial charge in [-0.15, -0.1) is 0 Å². The zero-order valence-electron chi connectivity index (χ0n) is 12.2. The highest BCUT2D eigenvalue weighted by molar-refractivity contribution is 7.80. The number of rotatable bonds is 6. The molecular formula is C16H19NO3S. The fraction of sp³-hybridized carbons (Fsp3) is 0.312. The van der Waals surface area contributed by atoms with E-state index in [2.05, 4.69) is 17.9 Å². The second kappa shape index (κ2) is 7.22. The summed E-state index contributed by atoms with van der Waals surface area (Å²) in [5.41, 5.74) is 2.21. The molecule has 4 nitrogen and oxygen atoms in total. The predicted octanol–water partition coefficient (Wildman–Crippen LogP) is 3.14. The van der Waals surface area contributed by atoms with Gasteiger partial charge in [-0.2, -0.15) is 12.6 Å². The van der Waals surface area contributed by atoms with Gasteiger partial charge < -0.3 is 14.5 Å². The molecular weight excluding hydrogens is 286 g/mol. The van der Waals surface area contributed by atoms with Crippen molar-refractivity contribution in [3.63, 3.8) is 0 Å². The first-order chi connectivity index (χ1) is 10.1. The number of thiol groups is 1.